The summed E-state index contributed by atoms with van der Waals surface area (Å²) >= 11 is 0. The predicted octanol–water partition coefficient (Wildman–Crippen LogP) is 3.12. The Morgan fingerprint density at radius 2 is 2.06 bits per heavy atom. The third kappa shape index (κ3) is 2.72. The van der Waals surface area contributed by atoms with E-state index in [0.29, 0.717) is 6.04 Å². The molecule has 0 radical (unpaired) electrons. The molecule has 0 saturated heterocycles. The molecule has 0 fully saturated rings. The van der Waals surface area contributed by atoms with Gasteiger partial charge in [0.15, 0.2) is 0 Å². The summed E-state index contributed by atoms with van der Waals surface area (Å²) in [5.74, 6) is 1.10. The zero-order valence-corrected chi connectivity index (χ0v) is 11.6. The third-order valence-electron chi connectivity index (χ3n) is 3.42. The smallest absolute Gasteiger partial charge is 0.106 e. The van der Waals surface area contributed by atoms with Crippen LogP contribution < -0.4 is 5.32 Å². The number of rotatable bonds is 6. The topological polar surface area (TPSA) is 29.9 Å². The molecule has 3 heteroatoms. The van der Waals surface area contributed by atoms with Crippen LogP contribution in [0, 0.1) is 6.92 Å². The zero-order chi connectivity index (χ0) is 13.0. The minimum atomic E-state index is 0.529. The Kier molecular flexibility index (Phi) is 4.37. The Labute approximate surface area is 109 Å². The number of hydrogen-bond acceptors (Lipinski definition) is 2. The van der Waals surface area contributed by atoms with Crippen molar-refractivity contribution in [2.45, 2.75) is 46.2 Å². The van der Waals surface area contributed by atoms with Crippen LogP contribution in [0.25, 0.3) is 11.0 Å². The number of nitrogens with one attached hydrogen (secondary N) is 1. The molecule has 0 saturated carbocycles. The number of imidazole rings is 1. The van der Waals surface area contributed by atoms with Gasteiger partial charge in [0.05, 0.1) is 11.0 Å². The number of para-hydroxylation sites is 2. The molecule has 0 amide bonds. The van der Waals surface area contributed by atoms with E-state index in [4.69, 9.17) is 0 Å². The molecule has 0 aliphatic heterocycles. The van der Waals surface area contributed by atoms with Crippen LogP contribution in [-0.2, 0) is 6.54 Å². The Morgan fingerprint density at radius 3 is 2.78 bits per heavy atom. The van der Waals surface area contributed by atoms with Gasteiger partial charge in [-0.25, -0.2) is 4.98 Å². The number of fused-ring (bicyclic) bond motifs is 1. The van der Waals surface area contributed by atoms with Crippen molar-refractivity contribution < 1.29 is 0 Å². The van der Waals surface area contributed by atoms with E-state index in [1.54, 1.807) is 0 Å². The van der Waals surface area contributed by atoms with E-state index in [1.807, 2.05) is 6.07 Å². The first-order chi connectivity index (χ1) is 8.76. The maximum atomic E-state index is 4.62. The summed E-state index contributed by atoms with van der Waals surface area (Å²) in [6.45, 7) is 8.62. The normalized spacial score (nSPS) is 13.1. The van der Waals surface area contributed by atoms with E-state index in [0.717, 1.165) is 30.9 Å². The molecule has 1 unspecified atom stereocenters. The van der Waals surface area contributed by atoms with Gasteiger partial charge in [0.2, 0.25) is 0 Å². The van der Waals surface area contributed by atoms with E-state index in [2.05, 4.69) is 53.8 Å². The summed E-state index contributed by atoms with van der Waals surface area (Å²) in [7, 11) is 0. The SMILES string of the molecule is CCCNC(CC)Cn1c(C)nc2ccccc21. The summed E-state index contributed by atoms with van der Waals surface area (Å²) in [5.41, 5.74) is 2.34. The van der Waals surface area contributed by atoms with Crippen molar-refractivity contribution in [3.05, 3.63) is 30.1 Å². The molecule has 0 bridgehead atoms. The van der Waals surface area contributed by atoms with E-state index >= 15 is 0 Å². The molecule has 1 aromatic heterocycles. The number of benzene rings is 1. The van der Waals surface area contributed by atoms with Gasteiger partial charge in [-0.3, -0.25) is 0 Å². The molecule has 3 nitrogen and oxygen atoms in total. The molecule has 1 aromatic carbocycles. The van der Waals surface area contributed by atoms with Crippen LogP contribution in [0.3, 0.4) is 0 Å². The van der Waals surface area contributed by atoms with Crippen LogP contribution in [0.2, 0.25) is 0 Å². The molecule has 2 rings (SSSR count). The van der Waals surface area contributed by atoms with Crippen LogP contribution in [0.4, 0.5) is 0 Å². The summed E-state index contributed by atoms with van der Waals surface area (Å²) < 4.78 is 2.33. The van der Waals surface area contributed by atoms with Crippen LogP contribution in [0.5, 0.6) is 0 Å². The van der Waals surface area contributed by atoms with E-state index in [1.165, 1.54) is 11.9 Å². The van der Waals surface area contributed by atoms with Gasteiger partial charge >= 0.3 is 0 Å². The second-order valence-corrected chi connectivity index (χ2v) is 4.82. The molecular formula is C15H23N3. The van der Waals surface area contributed by atoms with Gasteiger partial charge in [0.1, 0.15) is 5.82 Å². The largest absolute Gasteiger partial charge is 0.327 e. The fourth-order valence-corrected chi connectivity index (χ4v) is 2.33. The maximum Gasteiger partial charge on any atom is 0.106 e. The standard InChI is InChI=1S/C15H23N3/c1-4-10-16-13(5-2)11-18-12(3)17-14-8-6-7-9-15(14)18/h6-9,13,16H,4-5,10-11H2,1-3H3. The summed E-state index contributed by atoms with van der Waals surface area (Å²) in [4.78, 5) is 4.62. The fraction of sp³-hybridized carbons (Fsp3) is 0.533. The number of aryl methyl sites for hydroxylation is 1. The first kappa shape index (κ1) is 13.1. The highest BCUT2D eigenvalue weighted by Crippen LogP contribution is 2.16. The average molecular weight is 245 g/mol. The van der Waals surface area contributed by atoms with E-state index < -0.39 is 0 Å². The molecule has 1 atom stereocenters. The van der Waals surface area contributed by atoms with Gasteiger partial charge in [-0.15, -0.1) is 0 Å². The van der Waals surface area contributed by atoms with Crippen molar-refractivity contribution in [2.75, 3.05) is 6.54 Å². The fourth-order valence-electron chi connectivity index (χ4n) is 2.33. The molecule has 18 heavy (non-hydrogen) atoms. The summed E-state index contributed by atoms with van der Waals surface area (Å²) in [6, 6.07) is 8.90. The molecule has 0 aliphatic rings. The lowest BCUT2D eigenvalue weighted by molar-refractivity contribution is 0.438. The van der Waals surface area contributed by atoms with Crippen LogP contribution >= 0.6 is 0 Å². The molecule has 98 valence electrons. The second kappa shape index (κ2) is 6.01. The molecule has 0 aliphatic carbocycles. The summed E-state index contributed by atoms with van der Waals surface area (Å²) in [5, 5.41) is 3.60. The summed E-state index contributed by atoms with van der Waals surface area (Å²) in [6.07, 6.45) is 2.33. The van der Waals surface area contributed by atoms with Crippen molar-refractivity contribution in [3.8, 4) is 0 Å². The first-order valence-electron chi connectivity index (χ1n) is 6.91. The van der Waals surface area contributed by atoms with Crippen molar-refractivity contribution in [1.29, 1.82) is 0 Å². The highest BCUT2D eigenvalue weighted by atomic mass is 15.1. The van der Waals surface area contributed by atoms with Gasteiger partial charge < -0.3 is 9.88 Å². The Morgan fingerprint density at radius 1 is 1.28 bits per heavy atom. The van der Waals surface area contributed by atoms with Crippen molar-refractivity contribution in [2.24, 2.45) is 0 Å². The molecule has 0 spiro atoms. The highest BCUT2D eigenvalue weighted by Gasteiger charge is 2.11. The van der Waals surface area contributed by atoms with Gasteiger partial charge in [-0.1, -0.05) is 26.0 Å². The van der Waals surface area contributed by atoms with Gasteiger partial charge in [-0.05, 0) is 38.4 Å². The van der Waals surface area contributed by atoms with Crippen molar-refractivity contribution in [1.82, 2.24) is 14.9 Å². The monoisotopic (exact) mass is 245 g/mol. The van der Waals surface area contributed by atoms with Crippen LogP contribution in [0.1, 0.15) is 32.5 Å². The van der Waals surface area contributed by atoms with Gasteiger partial charge in [-0.2, -0.15) is 0 Å². The highest BCUT2D eigenvalue weighted by molar-refractivity contribution is 5.75. The predicted molar refractivity (Wildman–Crippen MR) is 76.8 cm³/mol. The molecular weight excluding hydrogens is 222 g/mol. The lowest BCUT2D eigenvalue weighted by Gasteiger charge is -2.18. The zero-order valence-electron chi connectivity index (χ0n) is 11.6. The maximum absolute atomic E-state index is 4.62. The van der Waals surface area contributed by atoms with Crippen LogP contribution in [0.15, 0.2) is 24.3 Å². The second-order valence-electron chi connectivity index (χ2n) is 4.82. The quantitative estimate of drug-likeness (QED) is 0.847. The van der Waals surface area contributed by atoms with Crippen LogP contribution in [-0.4, -0.2) is 22.1 Å². The number of aromatic nitrogens is 2. The molecule has 2 aromatic rings. The van der Waals surface area contributed by atoms with Crippen molar-refractivity contribution >= 4 is 11.0 Å². The third-order valence-corrected chi connectivity index (χ3v) is 3.42. The Balaban J connectivity index is 2.21. The van der Waals surface area contributed by atoms with Crippen molar-refractivity contribution in [3.63, 3.8) is 0 Å². The Bertz CT molecular complexity index is 501. The lowest BCUT2D eigenvalue weighted by atomic mass is 10.2. The van der Waals surface area contributed by atoms with E-state index in [9.17, 15) is 0 Å². The number of nitrogens with zero attached hydrogens (tertiary/aromatic N) is 2. The lowest BCUT2D eigenvalue weighted by Crippen LogP contribution is -2.33. The minimum absolute atomic E-state index is 0.529. The average Bonchev–Trinajstić information content (AvgIpc) is 2.70. The van der Waals surface area contributed by atoms with Gasteiger partial charge in [0.25, 0.3) is 0 Å². The van der Waals surface area contributed by atoms with Gasteiger partial charge in [0, 0.05) is 12.6 Å². The Hall–Kier alpha value is -1.35. The molecule has 1 heterocycles. The molecule has 1 N–H and O–H groups in total. The first-order valence-corrected chi connectivity index (χ1v) is 6.91. The van der Waals surface area contributed by atoms with E-state index in [-0.39, 0.29) is 0 Å². The minimum Gasteiger partial charge on any atom is -0.327 e. The number of hydrogen-bond donors (Lipinski definition) is 1.